The maximum absolute atomic E-state index is 12.3. The van der Waals surface area contributed by atoms with Gasteiger partial charge in [-0.2, -0.15) is 0 Å². The summed E-state index contributed by atoms with van der Waals surface area (Å²) in [6.07, 6.45) is 0. The van der Waals surface area contributed by atoms with Gasteiger partial charge in [0.05, 0.1) is 5.88 Å². The first-order valence-corrected chi connectivity index (χ1v) is 7.94. The van der Waals surface area contributed by atoms with Crippen LogP contribution >= 0.6 is 23.5 Å². The van der Waals surface area contributed by atoms with Gasteiger partial charge in [0.2, 0.25) is 5.91 Å². The summed E-state index contributed by atoms with van der Waals surface area (Å²) in [7, 11) is 0. The number of rotatable bonds is 4. The highest BCUT2D eigenvalue weighted by Crippen LogP contribution is 2.40. The normalized spacial score (nSPS) is 23.2. The molecular formula is C12H19NO4S2. The van der Waals surface area contributed by atoms with E-state index in [4.69, 9.17) is 0 Å². The van der Waals surface area contributed by atoms with Gasteiger partial charge in [0.25, 0.3) is 0 Å². The van der Waals surface area contributed by atoms with Gasteiger partial charge in [-0.05, 0) is 13.8 Å². The molecule has 1 aliphatic rings. The van der Waals surface area contributed by atoms with Gasteiger partial charge >= 0.3 is 5.97 Å². The van der Waals surface area contributed by atoms with E-state index in [1.807, 2.05) is 13.8 Å². The molecule has 19 heavy (non-hydrogen) atoms. The van der Waals surface area contributed by atoms with Crippen LogP contribution in [0.25, 0.3) is 0 Å². The fourth-order valence-electron chi connectivity index (χ4n) is 1.98. The van der Waals surface area contributed by atoms with E-state index in [1.54, 1.807) is 6.92 Å². The molecule has 1 rings (SSSR count). The molecule has 0 spiro atoms. The molecule has 0 aliphatic carbocycles. The first-order chi connectivity index (χ1) is 8.66. The van der Waals surface area contributed by atoms with Gasteiger partial charge in [-0.3, -0.25) is 9.59 Å². The minimum atomic E-state index is -0.977. The first-order valence-electron chi connectivity index (χ1n) is 5.97. The van der Waals surface area contributed by atoms with E-state index in [0.717, 1.165) is 11.8 Å². The second kappa shape index (κ2) is 6.17. The van der Waals surface area contributed by atoms with Crippen LogP contribution in [0.15, 0.2) is 0 Å². The van der Waals surface area contributed by atoms with Crippen LogP contribution in [0.3, 0.4) is 0 Å². The maximum atomic E-state index is 12.3. The molecule has 1 N–H and O–H groups in total. The Morgan fingerprint density at radius 3 is 2.53 bits per heavy atom. The number of carbonyl (C=O) groups excluding carboxylic acids is 2. The summed E-state index contributed by atoms with van der Waals surface area (Å²) in [5, 5.41) is 9.27. The minimum Gasteiger partial charge on any atom is -0.480 e. The second-order valence-electron chi connectivity index (χ2n) is 5.13. The van der Waals surface area contributed by atoms with Crippen LogP contribution in [-0.4, -0.2) is 49.4 Å². The van der Waals surface area contributed by atoms with Gasteiger partial charge in [-0.25, -0.2) is 4.79 Å². The van der Waals surface area contributed by atoms with Crippen LogP contribution in [0.4, 0.5) is 0 Å². The summed E-state index contributed by atoms with van der Waals surface area (Å²) in [5.41, 5.74) is 0. The van der Waals surface area contributed by atoms with Gasteiger partial charge in [-0.15, -0.1) is 11.8 Å². The summed E-state index contributed by atoms with van der Waals surface area (Å²) in [4.78, 5) is 36.0. The van der Waals surface area contributed by atoms with Crippen LogP contribution in [-0.2, 0) is 14.4 Å². The fraction of sp³-hybridized carbons (Fsp3) is 0.750. The molecule has 1 fully saturated rings. The number of carbonyl (C=O) groups is 3. The molecule has 0 aromatic carbocycles. The average Bonchev–Trinajstić information content (AvgIpc) is 2.60. The number of carboxylic acid groups (broad SMARTS) is 1. The molecule has 0 unspecified atom stereocenters. The first kappa shape index (κ1) is 16.4. The van der Waals surface area contributed by atoms with E-state index in [-0.39, 0.29) is 16.9 Å². The number of hydrogen-bond donors (Lipinski definition) is 1. The zero-order valence-corrected chi connectivity index (χ0v) is 13.1. The lowest BCUT2D eigenvalue weighted by atomic mass is 10.0. The summed E-state index contributed by atoms with van der Waals surface area (Å²) in [6.45, 7) is 6.85. The van der Waals surface area contributed by atoms with Crippen LogP contribution in [0, 0.1) is 5.92 Å². The lowest BCUT2D eigenvalue weighted by Gasteiger charge is -2.29. The SMILES string of the molecule is CC(=O)SC[C@@H](C)C(=O)N1CSC(C)(C)[C@H]1C(=O)O. The molecule has 0 aromatic rings. The molecule has 0 aromatic heterocycles. The summed E-state index contributed by atoms with van der Waals surface area (Å²) in [6, 6.07) is -0.810. The highest BCUT2D eigenvalue weighted by molar-refractivity contribution is 8.13. The third-order valence-corrected chi connectivity index (χ3v) is 5.47. The van der Waals surface area contributed by atoms with Crippen molar-refractivity contribution in [3.05, 3.63) is 0 Å². The van der Waals surface area contributed by atoms with Gasteiger partial charge in [0, 0.05) is 23.3 Å². The van der Waals surface area contributed by atoms with E-state index in [2.05, 4.69) is 0 Å². The van der Waals surface area contributed by atoms with Gasteiger partial charge in [0.15, 0.2) is 5.12 Å². The van der Waals surface area contributed by atoms with Gasteiger partial charge in [-0.1, -0.05) is 18.7 Å². The Morgan fingerprint density at radius 1 is 1.47 bits per heavy atom. The number of thioether (sulfide) groups is 2. The largest absolute Gasteiger partial charge is 0.480 e. The topological polar surface area (TPSA) is 74.7 Å². The van der Waals surface area contributed by atoms with Gasteiger partial charge < -0.3 is 10.0 Å². The Morgan fingerprint density at radius 2 is 2.05 bits per heavy atom. The lowest BCUT2D eigenvalue weighted by Crippen LogP contribution is -2.50. The molecule has 5 nitrogen and oxygen atoms in total. The van der Waals surface area contributed by atoms with Crippen molar-refractivity contribution in [2.45, 2.75) is 38.5 Å². The Kier molecular flexibility index (Phi) is 5.32. The number of nitrogens with zero attached hydrogens (tertiary/aromatic N) is 1. The third kappa shape index (κ3) is 3.89. The Labute approximate surface area is 121 Å². The molecule has 1 heterocycles. The summed E-state index contributed by atoms with van der Waals surface area (Å²) >= 11 is 2.56. The quantitative estimate of drug-likeness (QED) is 0.851. The van der Waals surface area contributed by atoms with Crippen molar-refractivity contribution in [3.8, 4) is 0 Å². The van der Waals surface area contributed by atoms with Crippen LogP contribution in [0.2, 0.25) is 0 Å². The van der Waals surface area contributed by atoms with Crippen molar-refractivity contribution < 1.29 is 19.5 Å². The highest BCUT2D eigenvalue weighted by atomic mass is 32.2. The van der Waals surface area contributed by atoms with Crippen molar-refractivity contribution in [1.29, 1.82) is 0 Å². The Balaban J connectivity index is 2.76. The van der Waals surface area contributed by atoms with E-state index >= 15 is 0 Å². The fourth-order valence-corrected chi connectivity index (χ4v) is 3.74. The average molecular weight is 305 g/mol. The van der Waals surface area contributed by atoms with E-state index in [1.165, 1.54) is 23.6 Å². The molecule has 0 bridgehead atoms. The van der Waals surface area contributed by atoms with Gasteiger partial charge in [0.1, 0.15) is 6.04 Å². The van der Waals surface area contributed by atoms with E-state index in [0.29, 0.717) is 11.6 Å². The predicted molar refractivity (Wildman–Crippen MR) is 77.1 cm³/mol. The summed E-state index contributed by atoms with van der Waals surface area (Å²) < 4.78 is -0.491. The highest BCUT2D eigenvalue weighted by Gasteiger charge is 2.48. The van der Waals surface area contributed by atoms with Crippen LogP contribution < -0.4 is 0 Å². The standard InChI is InChI=1S/C12H19NO4S2/c1-7(5-18-8(2)14)10(15)13-6-19-12(3,4)9(13)11(16)17/h7,9H,5-6H2,1-4H3,(H,16,17)/t7-,9-/m1/s1. The number of hydrogen-bond acceptors (Lipinski definition) is 5. The smallest absolute Gasteiger partial charge is 0.327 e. The predicted octanol–water partition coefficient (Wildman–Crippen LogP) is 1.67. The van der Waals surface area contributed by atoms with Crippen molar-refractivity contribution in [2.24, 2.45) is 5.92 Å². The van der Waals surface area contributed by atoms with Crippen molar-refractivity contribution in [1.82, 2.24) is 4.90 Å². The molecular weight excluding hydrogens is 286 g/mol. The molecule has 0 radical (unpaired) electrons. The molecule has 2 atom stereocenters. The zero-order valence-electron chi connectivity index (χ0n) is 11.5. The Bertz CT molecular complexity index is 397. The molecule has 108 valence electrons. The third-order valence-electron chi connectivity index (χ3n) is 3.02. The molecule has 0 saturated carbocycles. The van der Waals surface area contributed by atoms with Crippen molar-refractivity contribution in [3.63, 3.8) is 0 Å². The minimum absolute atomic E-state index is 0.0365. The number of amides is 1. The molecule has 7 heteroatoms. The maximum Gasteiger partial charge on any atom is 0.327 e. The summed E-state index contributed by atoms with van der Waals surface area (Å²) in [5.74, 6) is -0.751. The zero-order chi connectivity index (χ0) is 14.8. The van der Waals surface area contributed by atoms with Crippen molar-refractivity contribution in [2.75, 3.05) is 11.6 Å². The van der Waals surface area contributed by atoms with E-state index in [9.17, 15) is 19.5 Å². The molecule has 1 saturated heterocycles. The lowest BCUT2D eigenvalue weighted by molar-refractivity contribution is -0.150. The second-order valence-corrected chi connectivity index (χ2v) is 7.93. The van der Waals surface area contributed by atoms with E-state index < -0.39 is 16.8 Å². The monoisotopic (exact) mass is 305 g/mol. The number of aliphatic carboxylic acids is 1. The number of carboxylic acids is 1. The Hall–Kier alpha value is -0.690. The van der Waals surface area contributed by atoms with Crippen molar-refractivity contribution >= 4 is 40.5 Å². The molecule has 1 aliphatic heterocycles. The molecule has 1 amide bonds. The van der Waals surface area contributed by atoms with Crippen LogP contribution in [0.5, 0.6) is 0 Å². The van der Waals surface area contributed by atoms with Crippen LogP contribution in [0.1, 0.15) is 27.7 Å².